The van der Waals surface area contributed by atoms with Crippen molar-refractivity contribution in [3.05, 3.63) is 0 Å². The number of carbonyl (C=O) groups is 1. The second-order valence-electron chi connectivity index (χ2n) is 5.94. The van der Waals surface area contributed by atoms with Gasteiger partial charge in [-0.2, -0.15) is 0 Å². The highest BCUT2D eigenvalue weighted by molar-refractivity contribution is 5.79. The topological polar surface area (TPSA) is 58.4 Å². The van der Waals surface area contributed by atoms with E-state index < -0.39 is 0 Å². The third kappa shape index (κ3) is 3.45. The Labute approximate surface area is 110 Å². The number of hydrogen-bond acceptors (Lipinski definition) is 3. The lowest BCUT2D eigenvalue weighted by atomic mass is 9.76. The zero-order chi connectivity index (χ0) is 13.0. The van der Waals surface area contributed by atoms with E-state index in [-0.39, 0.29) is 17.9 Å². The molecule has 3 N–H and O–H groups in total. The number of rotatable bonds is 4. The molecule has 104 valence electrons. The molecule has 0 aromatic rings. The van der Waals surface area contributed by atoms with Crippen molar-refractivity contribution < 1.29 is 4.79 Å². The molecule has 1 heterocycles. The maximum Gasteiger partial charge on any atom is 0.224 e. The maximum absolute atomic E-state index is 12.2. The van der Waals surface area contributed by atoms with E-state index in [1.54, 1.807) is 0 Å². The predicted molar refractivity (Wildman–Crippen MR) is 73.2 cm³/mol. The normalized spacial score (nSPS) is 33.6. The standard InChI is InChI=1S/C14H27N3O/c1-11-5-4-6-12(15)13(11)14(18)16-7-10-17-8-2-3-9-17/h11-13H,2-10,15H2,1H3,(H,16,18). The van der Waals surface area contributed by atoms with Gasteiger partial charge in [0.15, 0.2) is 0 Å². The monoisotopic (exact) mass is 253 g/mol. The van der Waals surface area contributed by atoms with Crippen LogP contribution in [-0.2, 0) is 4.79 Å². The quantitative estimate of drug-likeness (QED) is 0.784. The molecule has 2 fully saturated rings. The lowest BCUT2D eigenvalue weighted by Gasteiger charge is -2.33. The van der Waals surface area contributed by atoms with Crippen LogP contribution in [0.3, 0.4) is 0 Å². The molecule has 3 unspecified atom stereocenters. The molecule has 2 aliphatic rings. The molecule has 0 spiro atoms. The summed E-state index contributed by atoms with van der Waals surface area (Å²) in [4.78, 5) is 14.6. The summed E-state index contributed by atoms with van der Waals surface area (Å²) < 4.78 is 0. The molecule has 4 heteroatoms. The Morgan fingerprint density at radius 1 is 1.28 bits per heavy atom. The minimum atomic E-state index is 0.0253. The largest absolute Gasteiger partial charge is 0.355 e. The fraction of sp³-hybridized carbons (Fsp3) is 0.929. The molecule has 0 aromatic heterocycles. The average Bonchev–Trinajstić information content (AvgIpc) is 2.82. The summed E-state index contributed by atoms with van der Waals surface area (Å²) in [5, 5.41) is 3.08. The van der Waals surface area contributed by atoms with Gasteiger partial charge in [-0.15, -0.1) is 0 Å². The van der Waals surface area contributed by atoms with Crippen molar-refractivity contribution >= 4 is 5.91 Å². The van der Waals surface area contributed by atoms with E-state index in [9.17, 15) is 4.79 Å². The molecule has 1 aliphatic carbocycles. The Morgan fingerprint density at radius 2 is 2.00 bits per heavy atom. The highest BCUT2D eigenvalue weighted by atomic mass is 16.1. The van der Waals surface area contributed by atoms with Gasteiger partial charge in [0.25, 0.3) is 0 Å². The summed E-state index contributed by atoms with van der Waals surface area (Å²) in [6.45, 7) is 6.30. The van der Waals surface area contributed by atoms with Crippen LogP contribution in [-0.4, -0.2) is 43.0 Å². The third-order valence-electron chi connectivity index (χ3n) is 4.50. The van der Waals surface area contributed by atoms with Gasteiger partial charge in [-0.05, 0) is 44.7 Å². The van der Waals surface area contributed by atoms with Gasteiger partial charge in [-0.25, -0.2) is 0 Å². The summed E-state index contributed by atoms with van der Waals surface area (Å²) in [6.07, 6.45) is 5.91. The molecular weight excluding hydrogens is 226 g/mol. The maximum atomic E-state index is 12.2. The summed E-state index contributed by atoms with van der Waals surface area (Å²) in [5.74, 6) is 0.631. The molecule has 2 rings (SSSR count). The van der Waals surface area contributed by atoms with Crippen molar-refractivity contribution in [3.63, 3.8) is 0 Å². The molecule has 1 saturated carbocycles. The van der Waals surface area contributed by atoms with Crippen LogP contribution >= 0.6 is 0 Å². The zero-order valence-corrected chi connectivity index (χ0v) is 11.5. The van der Waals surface area contributed by atoms with Gasteiger partial charge in [-0.3, -0.25) is 4.79 Å². The van der Waals surface area contributed by atoms with Crippen molar-refractivity contribution in [3.8, 4) is 0 Å². The molecule has 3 atom stereocenters. The van der Waals surface area contributed by atoms with Crippen LogP contribution in [0.5, 0.6) is 0 Å². The molecule has 0 bridgehead atoms. The van der Waals surface area contributed by atoms with Crippen LogP contribution in [0.2, 0.25) is 0 Å². The summed E-state index contributed by atoms with van der Waals surface area (Å²) in [7, 11) is 0. The molecule has 1 amide bonds. The SMILES string of the molecule is CC1CCCC(N)C1C(=O)NCCN1CCCC1. The number of hydrogen-bond donors (Lipinski definition) is 2. The van der Waals surface area contributed by atoms with Crippen LogP contribution < -0.4 is 11.1 Å². The average molecular weight is 253 g/mol. The van der Waals surface area contributed by atoms with Crippen molar-refractivity contribution in [2.45, 2.75) is 45.1 Å². The van der Waals surface area contributed by atoms with Gasteiger partial charge in [0.1, 0.15) is 0 Å². The van der Waals surface area contributed by atoms with E-state index in [1.807, 2.05) is 0 Å². The smallest absolute Gasteiger partial charge is 0.224 e. The van der Waals surface area contributed by atoms with Crippen molar-refractivity contribution in [2.24, 2.45) is 17.6 Å². The lowest BCUT2D eigenvalue weighted by Crippen LogP contribution is -2.48. The first-order valence-electron chi connectivity index (χ1n) is 7.44. The first-order chi connectivity index (χ1) is 8.68. The van der Waals surface area contributed by atoms with Gasteiger partial charge in [0.05, 0.1) is 5.92 Å². The second kappa shape index (κ2) is 6.53. The number of likely N-dealkylation sites (tertiary alicyclic amines) is 1. The van der Waals surface area contributed by atoms with Gasteiger partial charge < -0.3 is 16.0 Å². The Bertz CT molecular complexity index is 266. The second-order valence-corrected chi connectivity index (χ2v) is 5.94. The van der Waals surface area contributed by atoms with Crippen LogP contribution in [0, 0.1) is 11.8 Å². The fourth-order valence-corrected chi connectivity index (χ4v) is 3.37. The first-order valence-corrected chi connectivity index (χ1v) is 7.44. The van der Waals surface area contributed by atoms with Gasteiger partial charge in [-0.1, -0.05) is 13.3 Å². The Hall–Kier alpha value is -0.610. The highest BCUT2D eigenvalue weighted by Crippen LogP contribution is 2.28. The Kier molecular flexibility index (Phi) is 5.01. The lowest BCUT2D eigenvalue weighted by molar-refractivity contribution is -0.128. The molecule has 18 heavy (non-hydrogen) atoms. The number of nitrogens with two attached hydrogens (primary N) is 1. The fourth-order valence-electron chi connectivity index (χ4n) is 3.37. The van der Waals surface area contributed by atoms with E-state index in [1.165, 1.54) is 32.4 Å². The molecule has 1 saturated heterocycles. The molecular formula is C14H27N3O. The molecule has 0 aromatic carbocycles. The third-order valence-corrected chi connectivity index (χ3v) is 4.50. The molecule has 0 radical (unpaired) electrons. The summed E-state index contributed by atoms with van der Waals surface area (Å²) in [6, 6.07) is 0.0561. The van der Waals surface area contributed by atoms with E-state index in [4.69, 9.17) is 5.73 Å². The number of nitrogens with one attached hydrogen (secondary N) is 1. The number of amides is 1. The highest BCUT2D eigenvalue weighted by Gasteiger charge is 2.33. The summed E-state index contributed by atoms with van der Waals surface area (Å²) >= 11 is 0. The van der Waals surface area contributed by atoms with Crippen molar-refractivity contribution in [2.75, 3.05) is 26.2 Å². The Morgan fingerprint density at radius 3 is 2.67 bits per heavy atom. The summed E-state index contributed by atoms with van der Waals surface area (Å²) in [5.41, 5.74) is 6.09. The van der Waals surface area contributed by atoms with Crippen LogP contribution in [0.1, 0.15) is 39.0 Å². The van der Waals surface area contributed by atoms with E-state index in [0.717, 1.165) is 25.9 Å². The molecule has 1 aliphatic heterocycles. The van der Waals surface area contributed by atoms with Gasteiger partial charge in [0.2, 0.25) is 5.91 Å². The minimum Gasteiger partial charge on any atom is -0.355 e. The predicted octanol–water partition coefficient (Wildman–Crippen LogP) is 0.962. The zero-order valence-electron chi connectivity index (χ0n) is 11.5. The van der Waals surface area contributed by atoms with E-state index in [2.05, 4.69) is 17.1 Å². The van der Waals surface area contributed by atoms with E-state index >= 15 is 0 Å². The molecule has 4 nitrogen and oxygen atoms in total. The minimum absolute atomic E-state index is 0.0253. The van der Waals surface area contributed by atoms with Crippen molar-refractivity contribution in [1.82, 2.24) is 10.2 Å². The van der Waals surface area contributed by atoms with Crippen LogP contribution in [0.4, 0.5) is 0 Å². The first kappa shape index (κ1) is 13.8. The van der Waals surface area contributed by atoms with Gasteiger partial charge >= 0.3 is 0 Å². The van der Waals surface area contributed by atoms with Gasteiger partial charge in [0, 0.05) is 19.1 Å². The Balaban J connectivity index is 1.72. The van der Waals surface area contributed by atoms with Crippen molar-refractivity contribution in [1.29, 1.82) is 0 Å². The van der Waals surface area contributed by atoms with E-state index in [0.29, 0.717) is 5.92 Å². The van der Waals surface area contributed by atoms with Crippen LogP contribution in [0.15, 0.2) is 0 Å². The number of nitrogens with zero attached hydrogens (tertiary/aromatic N) is 1. The van der Waals surface area contributed by atoms with Crippen LogP contribution in [0.25, 0.3) is 0 Å². The number of carbonyl (C=O) groups excluding carboxylic acids is 1.